The Hall–Kier alpha value is -2.97. The van der Waals surface area contributed by atoms with Crippen LogP contribution in [0.15, 0.2) is 23.1 Å². The van der Waals surface area contributed by atoms with Gasteiger partial charge in [0.2, 0.25) is 10.0 Å². The topological polar surface area (TPSA) is 168 Å². The average molecular weight is 337 g/mol. The second-order valence-corrected chi connectivity index (χ2v) is 6.22. The third kappa shape index (κ3) is 3.44. The molecule has 10 nitrogen and oxygen atoms in total. The van der Waals surface area contributed by atoms with E-state index in [0.717, 1.165) is 6.07 Å². The number of fused-ring (bicyclic) bond motifs is 1. The number of aromatic nitrogens is 2. The first-order chi connectivity index (χ1) is 10.7. The molecule has 1 amide bonds. The van der Waals surface area contributed by atoms with E-state index in [1.54, 1.807) is 6.19 Å². The number of nitrogens with zero attached hydrogens (tertiary/aromatic N) is 3. The van der Waals surface area contributed by atoms with E-state index in [4.69, 9.17) is 10.4 Å². The van der Waals surface area contributed by atoms with Gasteiger partial charge in [-0.3, -0.25) is 9.59 Å². The molecule has 0 saturated carbocycles. The molecule has 0 radical (unpaired) electrons. The molecule has 2 rings (SSSR count). The first kappa shape index (κ1) is 16.4. The van der Waals surface area contributed by atoms with Crippen molar-refractivity contribution in [2.24, 2.45) is 5.14 Å². The predicted molar refractivity (Wildman–Crippen MR) is 79.0 cm³/mol. The summed E-state index contributed by atoms with van der Waals surface area (Å²) in [7, 11) is -3.75. The number of aromatic hydroxyl groups is 1. The normalized spacial score (nSPS) is 11.1. The van der Waals surface area contributed by atoms with E-state index in [0.29, 0.717) is 4.57 Å². The number of sulfonamides is 1. The molecular weight excluding hydrogens is 326 g/mol. The van der Waals surface area contributed by atoms with Gasteiger partial charge in [0.05, 0.1) is 5.75 Å². The monoisotopic (exact) mass is 337 g/mol. The molecule has 0 aliphatic rings. The number of primary sulfonamides is 1. The first-order valence-electron chi connectivity index (χ1n) is 6.17. The highest BCUT2D eigenvalue weighted by atomic mass is 32.2. The van der Waals surface area contributed by atoms with Gasteiger partial charge in [-0.05, 0) is 6.07 Å². The van der Waals surface area contributed by atoms with Gasteiger partial charge in [0, 0.05) is 24.2 Å². The molecule has 11 heteroatoms. The molecule has 0 atom stereocenters. The summed E-state index contributed by atoms with van der Waals surface area (Å²) in [4.78, 5) is 27.3. The second kappa shape index (κ2) is 6.03. The van der Waals surface area contributed by atoms with E-state index in [1.165, 1.54) is 12.3 Å². The van der Waals surface area contributed by atoms with Gasteiger partial charge >= 0.3 is 0 Å². The van der Waals surface area contributed by atoms with Crippen LogP contribution in [0.4, 0.5) is 0 Å². The van der Waals surface area contributed by atoms with Crippen LogP contribution in [-0.2, 0) is 10.0 Å². The molecule has 0 saturated heterocycles. The summed E-state index contributed by atoms with van der Waals surface area (Å²) in [5.74, 6) is -2.01. The minimum atomic E-state index is -3.75. The Balaban J connectivity index is 2.43. The van der Waals surface area contributed by atoms with Crippen LogP contribution in [0, 0.1) is 11.5 Å². The van der Waals surface area contributed by atoms with Gasteiger partial charge in [0.15, 0.2) is 17.6 Å². The first-order valence-corrected chi connectivity index (χ1v) is 7.88. The quantitative estimate of drug-likeness (QED) is 0.606. The van der Waals surface area contributed by atoms with Crippen molar-refractivity contribution < 1.29 is 18.3 Å². The fourth-order valence-corrected chi connectivity index (χ4v) is 2.25. The molecule has 0 unspecified atom stereocenters. The lowest BCUT2D eigenvalue weighted by Gasteiger charge is -2.09. The summed E-state index contributed by atoms with van der Waals surface area (Å²) in [5, 5.41) is 26.4. The number of hydrogen-bond acceptors (Lipinski definition) is 7. The highest BCUT2D eigenvalue weighted by Crippen LogP contribution is 2.25. The Morgan fingerprint density at radius 3 is 2.78 bits per heavy atom. The molecule has 0 aromatic carbocycles. The Morgan fingerprint density at radius 2 is 2.17 bits per heavy atom. The third-order valence-electron chi connectivity index (χ3n) is 2.89. The lowest BCUT2D eigenvalue weighted by Crippen LogP contribution is -2.32. The highest BCUT2D eigenvalue weighted by Gasteiger charge is 2.18. The van der Waals surface area contributed by atoms with Crippen molar-refractivity contribution in [2.75, 3.05) is 12.3 Å². The van der Waals surface area contributed by atoms with Crippen LogP contribution in [0.3, 0.4) is 0 Å². The van der Waals surface area contributed by atoms with Crippen molar-refractivity contribution in [1.82, 2.24) is 14.9 Å². The summed E-state index contributed by atoms with van der Waals surface area (Å²) in [6, 6.07) is 2.47. The third-order valence-corrected chi connectivity index (χ3v) is 3.66. The van der Waals surface area contributed by atoms with Crippen molar-refractivity contribution in [1.29, 1.82) is 5.26 Å². The number of hydrogen-bond donors (Lipinski definition) is 3. The number of carbonyl (C=O) groups is 1. The van der Waals surface area contributed by atoms with E-state index in [1.807, 2.05) is 0 Å². The smallest absolute Gasteiger partial charge is 0.273 e. The van der Waals surface area contributed by atoms with E-state index in [9.17, 15) is 23.1 Å². The second-order valence-electron chi connectivity index (χ2n) is 4.49. The summed E-state index contributed by atoms with van der Waals surface area (Å²) >= 11 is 0. The predicted octanol–water partition coefficient (Wildman–Crippen LogP) is -1.55. The number of rotatable bonds is 4. The number of amides is 1. The number of pyridine rings is 2. The van der Waals surface area contributed by atoms with Gasteiger partial charge < -0.3 is 10.4 Å². The molecule has 23 heavy (non-hydrogen) atoms. The van der Waals surface area contributed by atoms with Crippen molar-refractivity contribution in [3.05, 3.63) is 34.4 Å². The molecule has 0 aliphatic carbocycles. The summed E-state index contributed by atoms with van der Waals surface area (Å²) in [5.41, 5.74) is -1.28. The van der Waals surface area contributed by atoms with E-state index in [-0.39, 0.29) is 17.4 Å². The zero-order chi connectivity index (χ0) is 17.2. The number of carbonyl (C=O) groups excluding carboxylic acids is 1. The van der Waals surface area contributed by atoms with Crippen molar-refractivity contribution in [2.45, 2.75) is 0 Å². The number of nitrogens with two attached hydrogens (primary N) is 1. The molecule has 0 aliphatic heterocycles. The van der Waals surface area contributed by atoms with E-state index < -0.39 is 38.7 Å². The fourth-order valence-electron chi connectivity index (χ4n) is 1.86. The Morgan fingerprint density at radius 1 is 1.48 bits per heavy atom. The van der Waals surface area contributed by atoms with Crippen molar-refractivity contribution in [3.8, 4) is 11.9 Å². The fraction of sp³-hybridized carbons (Fsp3) is 0.167. The van der Waals surface area contributed by atoms with Gasteiger partial charge in [-0.25, -0.2) is 23.1 Å². The molecule has 0 fully saturated rings. The minimum Gasteiger partial charge on any atom is -0.504 e. The van der Waals surface area contributed by atoms with Crippen LogP contribution in [0.1, 0.15) is 10.5 Å². The maximum absolute atomic E-state index is 11.9. The number of nitrogens with one attached hydrogen (secondary N) is 1. The molecule has 120 valence electrons. The van der Waals surface area contributed by atoms with E-state index >= 15 is 0 Å². The Kier molecular flexibility index (Phi) is 4.30. The molecule has 2 heterocycles. The van der Waals surface area contributed by atoms with Crippen molar-refractivity contribution in [3.63, 3.8) is 0 Å². The lowest BCUT2D eigenvalue weighted by atomic mass is 10.2. The average Bonchev–Trinajstić information content (AvgIpc) is 2.46. The van der Waals surface area contributed by atoms with Gasteiger partial charge in [-0.1, -0.05) is 0 Å². The maximum Gasteiger partial charge on any atom is 0.273 e. The summed E-state index contributed by atoms with van der Waals surface area (Å²) in [6.45, 7) is -0.281. The lowest BCUT2D eigenvalue weighted by molar-refractivity contribution is 0.0948. The molecule has 4 N–H and O–H groups in total. The Labute approximate surface area is 129 Å². The van der Waals surface area contributed by atoms with E-state index in [2.05, 4.69) is 10.3 Å². The van der Waals surface area contributed by atoms with Gasteiger partial charge in [-0.15, -0.1) is 0 Å². The largest absolute Gasteiger partial charge is 0.504 e. The van der Waals surface area contributed by atoms with Crippen LogP contribution < -0.4 is 16.0 Å². The summed E-state index contributed by atoms with van der Waals surface area (Å²) < 4.78 is 22.2. The standard InChI is InChI=1S/C12H11N5O5S/c13-6-17-8(18)2-1-7-5-16-9(11(19)10(7)17)12(20)15-3-4-23(14,21)22/h1-2,5,19H,3-4H2,(H,15,20)(H2,14,21,22). The van der Waals surface area contributed by atoms with Crippen LogP contribution >= 0.6 is 0 Å². The number of nitriles is 1. The van der Waals surface area contributed by atoms with Gasteiger partial charge in [0.1, 0.15) is 5.52 Å². The van der Waals surface area contributed by atoms with Gasteiger partial charge in [0.25, 0.3) is 11.5 Å². The van der Waals surface area contributed by atoms with Crippen LogP contribution in [-0.4, -0.2) is 41.3 Å². The molecule has 0 spiro atoms. The molecule has 0 bridgehead atoms. The van der Waals surface area contributed by atoms with Crippen LogP contribution in [0.5, 0.6) is 5.75 Å². The van der Waals surface area contributed by atoms with Gasteiger partial charge in [-0.2, -0.15) is 5.26 Å². The Bertz CT molecular complexity index is 989. The zero-order valence-electron chi connectivity index (χ0n) is 11.6. The maximum atomic E-state index is 11.9. The minimum absolute atomic E-state index is 0.161. The highest BCUT2D eigenvalue weighted by molar-refractivity contribution is 7.89. The SMILES string of the molecule is N#Cn1c(=O)ccc2cnc(C(=O)NCCS(N)(=O)=O)c(O)c21. The molecular formula is C12H11N5O5S. The zero-order valence-corrected chi connectivity index (χ0v) is 12.4. The molecule has 2 aromatic heterocycles. The van der Waals surface area contributed by atoms with Crippen LogP contribution in [0.25, 0.3) is 10.9 Å². The van der Waals surface area contributed by atoms with Crippen molar-refractivity contribution >= 4 is 26.8 Å². The summed E-state index contributed by atoms with van der Waals surface area (Å²) in [6.07, 6.45) is 2.80. The molecule has 2 aromatic rings. The van der Waals surface area contributed by atoms with Crippen LogP contribution in [0.2, 0.25) is 0 Å².